The van der Waals surface area contributed by atoms with E-state index in [1.54, 1.807) is 13.0 Å². The molecule has 0 aromatic heterocycles. The first-order valence-corrected chi connectivity index (χ1v) is 13.8. The second kappa shape index (κ2) is 12.4. The number of hydrogen-bond donors (Lipinski definition) is 1. The highest BCUT2D eigenvalue weighted by Crippen LogP contribution is 2.38. The van der Waals surface area contributed by atoms with Gasteiger partial charge in [-0.2, -0.15) is 0 Å². The highest BCUT2D eigenvalue weighted by Gasteiger charge is 2.37. The van der Waals surface area contributed by atoms with E-state index in [1.807, 2.05) is 37.3 Å². The minimum atomic E-state index is -0.917. The molecule has 0 atom stereocenters. The van der Waals surface area contributed by atoms with Crippen LogP contribution in [0.5, 0.6) is 11.5 Å². The smallest absolute Gasteiger partial charge is 0.338 e. The minimum absolute atomic E-state index is 0.164. The van der Waals surface area contributed by atoms with E-state index in [-0.39, 0.29) is 35.1 Å². The monoisotopic (exact) mass is 598 g/mol. The number of nitrogens with one attached hydrogen (secondary N) is 1. The van der Waals surface area contributed by atoms with Crippen LogP contribution in [0.1, 0.15) is 34.0 Å². The van der Waals surface area contributed by atoms with Gasteiger partial charge in [0, 0.05) is 5.56 Å². The fourth-order valence-electron chi connectivity index (χ4n) is 4.76. The molecule has 1 N–H and O–H groups in total. The van der Waals surface area contributed by atoms with Crippen LogP contribution in [-0.4, -0.2) is 37.5 Å². The number of fused-ring (bicyclic) bond motifs is 1. The molecule has 1 saturated heterocycles. The zero-order chi connectivity index (χ0) is 30.7. The summed E-state index contributed by atoms with van der Waals surface area (Å²) in [7, 11) is 1.46. The predicted molar refractivity (Wildman–Crippen MR) is 162 cm³/mol. The average molecular weight is 599 g/mol. The molecule has 0 unspecified atom stereocenters. The second-order valence-corrected chi connectivity index (χ2v) is 10.0. The molecule has 9 nitrogen and oxygen atoms in total. The minimum Gasteiger partial charge on any atom is -0.493 e. The number of amides is 4. The lowest BCUT2D eigenvalue weighted by molar-refractivity contribution is -0.122. The molecule has 0 spiro atoms. The van der Waals surface area contributed by atoms with Gasteiger partial charge in [0.15, 0.2) is 11.5 Å². The highest BCUT2D eigenvalue weighted by molar-refractivity contribution is 6.39. The summed E-state index contributed by atoms with van der Waals surface area (Å²) in [5, 5.41) is 4.53. The first kappa shape index (κ1) is 29.3. The highest BCUT2D eigenvalue weighted by atomic mass is 35.5. The molecule has 0 radical (unpaired) electrons. The van der Waals surface area contributed by atoms with Gasteiger partial charge in [-0.3, -0.25) is 14.9 Å². The van der Waals surface area contributed by atoms with Gasteiger partial charge >= 0.3 is 12.0 Å². The van der Waals surface area contributed by atoms with Crippen molar-refractivity contribution in [2.45, 2.75) is 20.5 Å². The van der Waals surface area contributed by atoms with Crippen LogP contribution >= 0.6 is 11.6 Å². The Morgan fingerprint density at radius 2 is 1.74 bits per heavy atom. The summed E-state index contributed by atoms with van der Waals surface area (Å²) in [6.07, 6.45) is 1.32. The maximum atomic E-state index is 13.4. The van der Waals surface area contributed by atoms with Gasteiger partial charge < -0.3 is 14.2 Å². The molecule has 10 heteroatoms. The summed E-state index contributed by atoms with van der Waals surface area (Å²) < 4.78 is 16.7. The number of carbonyl (C=O) groups is 4. The number of imide groups is 2. The first-order chi connectivity index (χ1) is 20.7. The maximum absolute atomic E-state index is 13.4. The largest absolute Gasteiger partial charge is 0.493 e. The van der Waals surface area contributed by atoms with Crippen molar-refractivity contribution in [1.29, 1.82) is 0 Å². The normalized spacial score (nSPS) is 14.2. The van der Waals surface area contributed by atoms with E-state index in [1.165, 1.54) is 43.5 Å². The van der Waals surface area contributed by atoms with Crippen LogP contribution in [0.25, 0.3) is 16.8 Å². The SMILES string of the molecule is CCOC(=O)c1ccc(N2C(=O)NC(=O)/C(=C\c3cc(Cl)c(OCc4c(C)ccc5ccccc45)c(OC)c3)C2=O)cc1. The maximum Gasteiger partial charge on any atom is 0.338 e. The Kier molecular flexibility index (Phi) is 8.45. The molecule has 4 amide bonds. The molecular formula is C33H27ClN2O7. The van der Waals surface area contributed by atoms with E-state index in [0.29, 0.717) is 17.1 Å². The number of anilines is 1. The molecule has 0 saturated carbocycles. The number of esters is 1. The number of methoxy groups -OCH3 is 1. The fraction of sp³-hybridized carbons (Fsp3) is 0.152. The van der Waals surface area contributed by atoms with Crippen molar-refractivity contribution in [3.05, 3.63) is 106 Å². The third-order valence-corrected chi connectivity index (χ3v) is 7.22. The van der Waals surface area contributed by atoms with Crippen molar-refractivity contribution in [3.63, 3.8) is 0 Å². The van der Waals surface area contributed by atoms with E-state index in [2.05, 4.69) is 11.4 Å². The summed E-state index contributed by atoms with van der Waals surface area (Å²) in [6.45, 7) is 4.13. The quantitative estimate of drug-likeness (QED) is 0.145. The topological polar surface area (TPSA) is 111 Å². The van der Waals surface area contributed by atoms with E-state index in [9.17, 15) is 19.2 Å². The molecule has 5 rings (SSSR count). The zero-order valence-electron chi connectivity index (χ0n) is 23.6. The molecule has 1 aliphatic rings. The number of barbiturate groups is 1. The summed E-state index contributed by atoms with van der Waals surface area (Å²) in [5.41, 5.74) is 2.56. The van der Waals surface area contributed by atoms with Gasteiger partial charge in [0.2, 0.25) is 0 Å². The predicted octanol–water partition coefficient (Wildman–Crippen LogP) is 6.23. The Morgan fingerprint density at radius 1 is 1.00 bits per heavy atom. The van der Waals surface area contributed by atoms with Gasteiger partial charge in [0.25, 0.3) is 11.8 Å². The first-order valence-electron chi connectivity index (χ1n) is 13.4. The van der Waals surface area contributed by atoms with E-state index in [0.717, 1.165) is 26.8 Å². The number of carbonyl (C=O) groups excluding carboxylic acids is 4. The fourth-order valence-corrected chi connectivity index (χ4v) is 5.04. The number of benzene rings is 4. The van der Waals surface area contributed by atoms with Crippen molar-refractivity contribution in [3.8, 4) is 11.5 Å². The number of nitrogens with zero attached hydrogens (tertiary/aromatic N) is 1. The van der Waals surface area contributed by atoms with Crippen molar-refractivity contribution in [2.75, 3.05) is 18.6 Å². The molecule has 218 valence electrons. The van der Waals surface area contributed by atoms with Crippen molar-refractivity contribution >= 4 is 58.0 Å². The summed E-state index contributed by atoms with van der Waals surface area (Å²) in [6, 6.07) is 20.0. The number of aryl methyl sites for hydroxylation is 1. The van der Waals surface area contributed by atoms with Gasteiger partial charge in [-0.1, -0.05) is 48.0 Å². The molecule has 43 heavy (non-hydrogen) atoms. The van der Waals surface area contributed by atoms with Crippen LogP contribution in [0.3, 0.4) is 0 Å². The molecule has 1 heterocycles. The lowest BCUT2D eigenvalue weighted by atomic mass is 10.0. The van der Waals surface area contributed by atoms with Crippen molar-refractivity contribution < 1.29 is 33.4 Å². The molecule has 1 fully saturated rings. The van der Waals surface area contributed by atoms with Crippen LogP contribution in [0.2, 0.25) is 5.02 Å². The number of rotatable bonds is 8. The van der Waals surface area contributed by atoms with E-state index < -0.39 is 23.8 Å². The molecule has 4 aromatic rings. The Morgan fingerprint density at radius 3 is 2.47 bits per heavy atom. The number of hydrogen-bond acceptors (Lipinski definition) is 7. The Labute approximate surface area is 252 Å². The third-order valence-electron chi connectivity index (χ3n) is 6.94. The lowest BCUT2D eigenvalue weighted by Crippen LogP contribution is -2.54. The Hall–Kier alpha value is -5.15. The van der Waals surface area contributed by atoms with Crippen LogP contribution < -0.4 is 19.7 Å². The summed E-state index contributed by atoms with van der Waals surface area (Å²) in [5.74, 6) is -1.65. The van der Waals surface area contributed by atoms with E-state index in [4.69, 9.17) is 25.8 Å². The van der Waals surface area contributed by atoms with Crippen molar-refractivity contribution in [2.24, 2.45) is 0 Å². The molecule has 4 aromatic carbocycles. The van der Waals surface area contributed by atoms with Crippen LogP contribution in [-0.2, 0) is 20.9 Å². The second-order valence-electron chi connectivity index (χ2n) is 9.63. The van der Waals surface area contributed by atoms with Crippen LogP contribution in [0, 0.1) is 6.92 Å². The van der Waals surface area contributed by atoms with Gasteiger partial charge in [0.1, 0.15) is 12.2 Å². The third kappa shape index (κ3) is 5.93. The Bertz CT molecular complexity index is 1800. The molecular weight excluding hydrogens is 572 g/mol. The lowest BCUT2D eigenvalue weighted by Gasteiger charge is -2.26. The van der Waals surface area contributed by atoms with Crippen LogP contribution in [0.15, 0.2) is 78.4 Å². The van der Waals surface area contributed by atoms with Crippen LogP contribution in [0.4, 0.5) is 10.5 Å². The molecule has 0 bridgehead atoms. The van der Waals surface area contributed by atoms with Gasteiger partial charge in [-0.25, -0.2) is 14.5 Å². The summed E-state index contributed by atoms with van der Waals surface area (Å²) >= 11 is 6.62. The average Bonchev–Trinajstić information content (AvgIpc) is 2.99. The van der Waals surface area contributed by atoms with E-state index >= 15 is 0 Å². The molecule has 0 aliphatic carbocycles. The summed E-state index contributed by atoms with van der Waals surface area (Å²) in [4.78, 5) is 51.5. The molecule has 1 aliphatic heterocycles. The number of ether oxygens (including phenoxy) is 3. The van der Waals surface area contributed by atoms with Gasteiger partial charge in [-0.05, 0) is 78.2 Å². The standard InChI is InChI=1S/C33H27ClN2O7/c1-4-42-32(39)22-11-13-23(14-12-22)36-31(38)25(30(37)35-33(36)40)15-20-16-27(34)29(28(17-20)41-3)43-18-26-19(2)9-10-21-7-5-6-8-24(21)26/h5-17H,4,18H2,1-3H3,(H,35,37,40)/b25-15+. The Balaban J connectivity index is 1.42. The number of halogens is 1. The van der Waals surface area contributed by atoms with Gasteiger partial charge in [-0.15, -0.1) is 0 Å². The zero-order valence-corrected chi connectivity index (χ0v) is 24.4. The van der Waals surface area contributed by atoms with Gasteiger partial charge in [0.05, 0.1) is 30.0 Å². The number of urea groups is 1. The van der Waals surface area contributed by atoms with Crippen molar-refractivity contribution in [1.82, 2.24) is 5.32 Å².